The Hall–Kier alpha value is -1.43. The third kappa shape index (κ3) is 3.29. The molecule has 1 amide bonds. The molecule has 1 aromatic heterocycles. The van der Waals surface area contributed by atoms with Gasteiger partial charge in [0.2, 0.25) is 0 Å². The molecule has 94 valence electrons. The van der Waals surface area contributed by atoms with Crippen molar-refractivity contribution >= 4 is 34.0 Å². The van der Waals surface area contributed by atoms with Crippen LogP contribution in [0.5, 0.6) is 0 Å². The summed E-state index contributed by atoms with van der Waals surface area (Å²) >= 11 is 7.28. The summed E-state index contributed by atoms with van der Waals surface area (Å²) in [7, 11) is 1.47. The number of ether oxygens (including phenoxy) is 1. The maximum absolute atomic E-state index is 11.3. The molecule has 0 radical (unpaired) electrons. The molecule has 6 heteroatoms. The SMILES string of the molecule is COCC(=O)Nc1nc(-c2cccc(Cl)c2)cs1. The molecule has 2 aromatic rings. The number of thiazole rings is 1. The molecule has 0 aliphatic heterocycles. The van der Waals surface area contributed by atoms with E-state index in [0.29, 0.717) is 10.2 Å². The van der Waals surface area contributed by atoms with E-state index in [1.54, 1.807) is 6.07 Å². The van der Waals surface area contributed by atoms with Gasteiger partial charge in [-0.1, -0.05) is 23.7 Å². The molecule has 0 saturated heterocycles. The molecule has 0 fully saturated rings. The Bertz CT molecular complexity index is 557. The normalized spacial score (nSPS) is 10.3. The van der Waals surface area contributed by atoms with Gasteiger partial charge in [-0.3, -0.25) is 10.1 Å². The van der Waals surface area contributed by atoms with Crippen molar-refractivity contribution in [2.24, 2.45) is 0 Å². The third-order valence-electron chi connectivity index (χ3n) is 2.15. The van der Waals surface area contributed by atoms with Crippen LogP contribution >= 0.6 is 22.9 Å². The molecule has 1 heterocycles. The third-order valence-corrected chi connectivity index (χ3v) is 3.14. The average Bonchev–Trinajstić information content (AvgIpc) is 2.78. The largest absolute Gasteiger partial charge is 0.375 e. The number of benzene rings is 1. The zero-order chi connectivity index (χ0) is 13.0. The molecule has 1 N–H and O–H groups in total. The maximum Gasteiger partial charge on any atom is 0.252 e. The molecule has 1 aromatic carbocycles. The maximum atomic E-state index is 11.3. The Morgan fingerprint density at radius 3 is 3.11 bits per heavy atom. The van der Waals surface area contributed by atoms with Crippen LogP contribution in [0.2, 0.25) is 5.02 Å². The van der Waals surface area contributed by atoms with Crippen molar-refractivity contribution in [2.75, 3.05) is 19.0 Å². The van der Waals surface area contributed by atoms with Crippen LogP contribution in [0.1, 0.15) is 0 Å². The van der Waals surface area contributed by atoms with Gasteiger partial charge in [0.05, 0.1) is 5.69 Å². The van der Waals surface area contributed by atoms with Crippen molar-refractivity contribution in [3.63, 3.8) is 0 Å². The van der Waals surface area contributed by atoms with E-state index in [-0.39, 0.29) is 12.5 Å². The first-order valence-corrected chi connectivity index (χ1v) is 6.45. The van der Waals surface area contributed by atoms with E-state index in [9.17, 15) is 4.79 Å². The summed E-state index contributed by atoms with van der Waals surface area (Å²) in [5, 5.41) is 5.73. The van der Waals surface area contributed by atoms with Gasteiger partial charge in [0, 0.05) is 23.1 Å². The Kier molecular flexibility index (Phi) is 4.30. The molecule has 0 aliphatic carbocycles. The number of amides is 1. The van der Waals surface area contributed by atoms with Gasteiger partial charge in [-0.2, -0.15) is 0 Å². The Morgan fingerprint density at radius 2 is 2.39 bits per heavy atom. The van der Waals surface area contributed by atoms with E-state index >= 15 is 0 Å². The summed E-state index contributed by atoms with van der Waals surface area (Å²) in [6.07, 6.45) is 0. The zero-order valence-electron chi connectivity index (χ0n) is 9.64. The molecule has 0 spiro atoms. The smallest absolute Gasteiger partial charge is 0.252 e. The Labute approximate surface area is 114 Å². The molecule has 2 rings (SSSR count). The van der Waals surface area contributed by atoms with Gasteiger partial charge < -0.3 is 4.74 Å². The second-order valence-corrected chi connectivity index (χ2v) is 4.82. The van der Waals surface area contributed by atoms with Crippen LogP contribution < -0.4 is 5.32 Å². The predicted molar refractivity (Wildman–Crippen MR) is 73.1 cm³/mol. The van der Waals surface area contributed by atoms with E-state index in [4.69, 9.17) is 16.3 Å². The lowest BCUT2D eigenvalue weighted by Gasteiger charge is -1.99. The number of nitrogens with one attached hydrogen (secondary N) is 1. The van der Waals surface area contributed by atoms with Crippen LogP contribution in [0.15, 0.2) is 29.6 Å². The van der Waals surface area contributed by atoms with E-state index in [1.165, 1.54) is 18.4 Å². The second kappa shape index (κ2) is 5.95. The molecule has 0 bridgehead atoms. The molecule has 0 saturated carbocycles. The first-order valence-electron chi connectivity index (χ1n) is 5.19. The minimum absolute atomic E-state index is 0.0199. The van der Waals surface area contributed by atoms with Crippen LogP contribution in [-0.2, 0) is 9.53 Å². The fraction of sp³-hybridized carbons (Fsp3) is 0.167. The number of carbonyl (C=O) groups is 1. The number of anilines is 1. The number of rotatable bonds is 4. The summed E-state index contributed by atoms with van der Waals surface area (Å²) in [6, 6.07) is 7.41. The van der Waals surface area contributed by atoms with E-state index in [0.717, 1.165) is 11.3 Å². The fourth-order valence-corrected chi connectivity index (χ4v) is 2.32. The number of nitrogens with zero attached hydrogens (tertiary/aromatic N) is 1. The summed E-state index contributed by atoms with van der Waals surface area (Å²) in [5.74, 6) is -0.218. The first-order chi connectivity index (χ1) is 8.69. The van der Waals surface area contributed by atoms with Crippen LogP contribution in [0, 0.1) is 0 Å². The lowest BCUT2D eigenvalue weighted by molar-refractivity contribution is -0.119. The van der Waals surface area contributed by atoms with Gasteiger partial charge in [0.15, 0.2) is 5.13 Å². The highest BCUT2D eigenvalue weighted by Crippen LogP contribution is 2.26. The molecular weight excluding hydrogens is 272 g/mol. The molecule has 0 atom stereocenters. The summed E-state index contributed by atoms with van der Waals surface area (Å²) in [5.41, 5.74) is 1.71. The molecule has 4 nitrogen and oxygen atoms in total. The average molecular weight is 283 g/mol. The predicted octanol–water partition coefficient (Wildman–Crippen LogP) is 3.05. The van der Waals surface area contributed by atoms with Gasteiger partial charge in [-0.25, -0.2) is 4.98 Å². The highest BCUT2D eigenvalue weighted by molar-refractivity contribution is 7.14. The molecular formula is C12H11ClN2O2S. The van der Waals surface area contributed by atoms with Crippen molar-refractivity contribution in [1.82, 2.24) is 4.98 Å². The van der Waals surface area contributed by atoms with Crippen molar-refractivity contribution in [3.8, 4) is 11.3 Å². The second-order valence-electron chi connectivity index (χ2n) is 3.53. The van der Waals surface area contributed by atoms with Crippen LogP contribution in [-0.4, -0.2) is 24.6 Å². The molecule has 0 aliphatic rings. The summed E-state index contributed by atoms with van der Waals surface area (Å²) in [6.45, 7) is 0.0199. The monoisotopic (exact) mass is 282 g/mol. The number of hydrogen-bond donors (Lipinski definition) is 1. The number of hydrogen-bond acceptors (Lipinski definition) is 4. The van der Waals surface area contributed by atoms with Gasteiger partial charge >= 0.3 is 0 Å². The minimum atomic E-state index is -0.218. The van der Waals surface area contributed by atoms with Gasteiger partial charge in [0.1, 0.15) is 6.61 Å². The van der Waals surface area contributed by atoms with Crippen LogP contribution in [0.3, 0.4) is 0 Å². The van der Waals surface area contributed by atoms with Crippen molar-refractivity contribution in [1.29, 1.82) is 0 Å². The lowest BCUT2D eigenvalue weighted by Crippen LogP contribution is -2.16. The molecule has 18 heavy (non-hydrogen) atoms. The van der Waals surface area contributed by atoms with Crippen molar-refractivity contribution < 1.29 is 9.53 Å². The van der Waals surface area contributed by atoms with E-state index in [2.05, 4.69) is 10.3 Å². The molecule has 0 unspecified atom stereocenters. The number of halogens is 1. The minimum Gasteiger partial charge on any atom is -0.375 e. The van der Waals surface area contributed by atoms with Crippen molar-refractivity contribution in [3.05, 3.63) is 34.7 Å². The quantitative estimate of drug-likeness (QED) is 0.938. The topological polar surface area (TPSA) is 51.2 Å². The Balaban J connectivity index is 2.13. The van der Waals surface area contributed by atoms with Gasteiger partial charge in [0.25, 0.3) is 5.91 Å². The van der Waals surface area contributed by atoms with Gasteiger partial charge in [-0.15, -0.1) is 11.3 Å². The summed E-state index contributed by atoms with van der Waals surface area (Å²) < 4.78 is 4.73. The van der Waals surface area contributed by atoms with E-state index in [1.807, 2.05) is 23.6 Å². The Morgan fingerprint density at radius 1 is 1.56 bits per heavy atom. The highest BCUT2D eigenvalue weighted by Gasteiger charge is 2.07. The van der Waals surface area contributed by atoms with Gasteiger partial charge in [-0.05, 0) is 12.1 Å². The number of carbonyl (C=O) groups excluding carboxylic acids is 1. The van der Waals surface area contributed by atoms with Crippen LogP contribution in [0.4, 0.5) is 5.13 Å². The standard InChI is InChI=1S/C12H11ClN2O2S/c1-17-6-11(16)15-12-14-10(7-18-12)8-3-2-4-9(13)5-8/h2-5,7H,6H2,1H3,(H,14,15,16). The lowest BCUT2D eigenvalue weighted by atomic mass is 10.2. The number of methoxy groups -OCH3 is 1. The fourth-order valence-electron chi connectivity index (χ4n) is 1.40. The first kappa shape index (κ1) is 13.0. The zero-order valence-corrected chi connectivity index (χ0v) is 11.2. The van der Waals surface area contributed by atoms with Crippen molar-refractivity contribution in [2.45, 2.75) is 0 Å². The highest BCUT2D eigenvalue weighted by atomic mass is 35.5. The van der Waals surface area contributed by atoms with E-state index < -0.39 is 0 Å². The van der Waals surface area contributed by atoms with Crippen LogP contribution in [0.25, 0.3) is 11.3 Å². The number of aromatic nitrogens is 1. The summed E-state index contributed by atoms with van der Waals surface area (Å²) in [4.78, 5) is 15.6.